The van der Waals surface area contributed by atoms with Gasteiger partial charge in [-0.1, -0.05) is 37.3 Å². The summed E-state index contributed by atoms with van der Waals surface area (Å²) in [6.07, 6.45) is 3.52. The molecule has 1 nitrogen and oxygen atoms in total. The maximum atomic E-state index is 2.48. The Morgan fingerprint density at radius 3 is 2.41 bits per heavy atom. The summed E-state index contributed by atoms with van der Waals surface area (Å²) in [4.78, 5) is 0. The largest absolute Gasteiger partial charge is 0.267 e. The summed E-state index contributed by atoms with van der Waals surface area (Å²) in [6, 6.07) is 10.7. The van der Waals surface area contributed by atoms with Crippen LogP contribution in [-0.2, 0) is 0 Å². The third-order valence-corrected chi connectivity index (χ3v) is 6.82. The molecule has 1 aromatic rings. The monoisotopic (exact) mass is 247 g/mol. The van der Waals surface area contributed by atoms with Crippen molar-refractivity contribution in [3.05, 3.63) is 52.8 Å². The van der Waals surface area contributed by atoms with Crippen LogP contribution in [0.15, 0.2) is 47.2 Å². The van der Waals surface area contributed by atoms with E-state index < -0.39 is 10.2 Å². The van der Waals surface area contributed by atoms with E-state index in [-0.39, 0.29) is 0 Å². The van der Waals surface area contributed by atoms with Gasteiger partial charge in [-0.25, -0.2) is 0 Å². The zero-order valence-electron chi connectivity index (χ0n) is 10.9. The fraction of sp³-hybridized carbons (Fsp3) is 0.333. The van der Waals surface area contributed by atoms with Gasteiger partial charge in [0.25, 0.3) is 0 Å². The van der Waals surface area contributed by atoms with Crippen molar-refractivity contribution in [3.8, 4) is 0 Å². The molecule has 0 fully saturated rings. The predicted molar refractivity (Wildman–Crippen MR) is 80.0 cm³/mol. The Kier molecular flexibility index (Phi) is 3.75. The van der Waals surface area contributed by atoms with Crippen LogP contribution < -0.4 is 0 Å². The number of benzene rings is 1. The molecule has 1 atom stereocenters. The quantitative estimate of drug-likeness (QED) is 0.769. The standard InChI is InChI=1S/C15H21NS/c1-4-11-17(16(2)3)12-10-15(13-17)14-8-6-5-7-9-14/h5-10,12-13H,4,11H2,1-3H3. The molecule has 0 aromatic heterocycles. The molecule has 92 valence electrons. The van der Waals surface area contributed by atoms with Crippen LogP contribution in [0.5, 0.6) is 0 Å². The highest BCUT2D eigenvalue weighted by molar-refractivity contribution is 8.36. The second-order valence-electron chi connectivity index (χ2n) is 4.57. The lowest BCUT2D eigenvalue weighted by molar-refractivity contribution is 0.686. The highest BCUT2D eigenvalue weighted by Gasteiger charge is 2.24. The first-order valence-electron chi connectivity index (χ1n) is 6.12. The van der Waals surface area contributed by atoms with Gasteiger partial charge in [0.05, 0.1) is 0 Å². The summed E-state index contributed by atoms with van der Waals surface area (Å²) in [6.45, 7) is 2.26. The molecule has 1 unspecified atom stereocenters. The molecule has 2 heteroatoms. The SMILES string of the molecule is CCCS1(N(C)C)C=CC(c2ccccc2)=C1. The molecule has 0 bridgehead atoms. The number of hydrogen-bond acceptors (Lipinski definition) is 1. The van der Waals surface area contributed by atoms with E-state index in [9.17, 15) is 0 Å². The van der Waals surface area contributed by atoms with Crippen LogP contribution in [0.3, 0.4) is 0 Å². The fourth-order valence-electron chi connectivity index (χ4n) is 2.15. The molecule has 0 radical (unpaired) electrons. The van der Waals surface area contributed by atoms with E-state index in [0.717, 1.165) is 0 Å². The average molecular weight is 247 g/mol. The van der Waals surface area contributed by atoms with E-state index >= 15 is 0 Å². The maximum absolute atomic E-state index is 2.48. The molecule has 0 saturated carbocycles. The zero-order chi connectivity index (χ0) is 12.3. The van der Waals surface area contributed by atoms with Crippen molar-refractivity contribution in [1.29, 1.82) is 0 Å². The van der Waals surface area contributed by atoms with E-state index in [2.05, 4.69) is 72.5 Å². The first kappa shape index (κ1) is 12.5. The van der Waals surface area contributed by atoms with Gasteiger partial charge in [-0.2, -0.15) is 0 Å². The second-order valence-corrected chi connectivity index (χ2v) is 7.83. The summed E-state index contributed by atoms with van der Waals surface area (Å²) in [5.41, 5.74) is 2.71. The van der Waals surface area contributed by atoms with Crippen LogP contribution in [0.2, 0.25) is 0 Å². The Balaban J connectivity index is 2.32. The number of hydrogen-bond donors (Lipinski definition) is 0. The van der Waals surface area contributed by atoms with Crippen molar-refractivity contribution in [3.63, 3.8) is 0 Å². The molecule has 1 aliphatic rings. The Bertz CT molecular complexity index is 433. The van der Waals surface area contributed by atoms with Gasteiger partial charge >= 0.3 is 0 Å². The van der Waals surface area contributed by atoms with E-state index in [0.29, 0.717) is 0 Å². The van der Waals surface area contributed by atoms with Gasteiger partial charge in [0.1, 0.15) is 0 Å². The molecule has 0 saturated heterocycles. The highest BCUT2D eigenvalue weighted by Crippen LogP contribution is 2.58. The van der Waals surface area contributed by atoms with Crippen molar-refractivity contribution < 1.29 is 0 Å². The van der Waals surface area contributed by atoms with Gasteiger partial charge < -0.3 is 0 Å². The van der Waals surface area contributed by atoms with Gasteiger partial charge in [-0.15, -0.1) is 10.2 Å². The maximum Gasteiger partial charge on any atom is -0.00375 e. The van der Waals surface area contributed by atoms with Crippen molar-refractivity contribution in [1.82, 2.24) is 4.31 Å². The minimum Gasteiger partial charge on any atom is -0.267 e. The molecule has 0 N–H and O–H groups in total. The summed E-state index contributed by atoms with van der Waals surface area (Å²) in [7, 11) is 3.55. The Morgan fingerprint density at radius 1 is 1.12 bits per heavy atom. The molecule has 0 aliphatic carbocycles. The van der Waals surface area contributed by atoms with E-state index in [1.165, 1.54) is 23.3 Å². The minimum absolute atomic E-state index is 0.834. The van der Waals surface area contributed by atoms with Gasteiger partial charge in [-0.05, 0) is 54.3 Å². The summed E-state index contributed by atoms with van der Waals surface area (Å²) < 4.78 is 2.39. The van der Waals surface area contributed by atoms with Crippen molar-refractivity contribution in [2.75, 3.05) is 19.8 Å². The minimum atomic E-state index is -0.834. The first-order chi connectivity index (χ1) is 8.18. The predicted octanol–water partition coefficient (Wildman–Crippen LogP) is 4.25. The lowest BCUT2D eigenvalue weighted by atomic mass is 10.1. The summed E-state index contributed by atoms with van der Waals surface area (Å²) in [5.74, 6) is 1.26. The number of nitrogens with zero attached hydrogens (tertiary/aromatic N) is 1. The normalized spacial score (nSPS) is 26.9. The Morgan fingerprint density at radius 2 is 1.82 bits per heavy atom. The van der Waals surface area contributed by atoms with Crippen LogP contribution in [-0.4, -0.2) is 24.2 Å². The molecule has 2 rings (SSSR count). The Hall–Kier alpha value is -0.990. The van der Waals surface area contributed by atoms with Crippen LogP contribution in [0.25, 0.3) is 5.57 Å². The first-order valence-corrected chi connectivity index (χ1v) is 8.00. The molecule has 0 spiro atoms. The molecule has 0 amide bonds. The van der Waals surface area contributed by atoms with Gasteiger partial charge in [0.2, 0.25) is 0 Å². The average Bonchev–Trinajstić information content (AvgIpc) is 2.76. The Labute approximate surface area is 106 Å². The van der Waals surface area contributed by atoms with Crippen molar-refractivity contribution in [2.45, 2.75) is 13.3 Å². The smallest absolute Gasteiger partial charge is 0.00375 e. The van der Waals surface area contributed by atoms with Crippen molar-refractivity contribution in [2.24, 2.45) is 0 Å². The van der Waals surface area contributed by atoms with Crippen LogP contribution in [0.4, 0.5) is 0 Å². The molecule has 1 aromatic carbocycles. The lowest BCUT2D eigenvalue weighted by Crippen LogP contribution is -2.17. The van der Waals surface area contributed by atoms with E-state index in [1.54, 1.807) is 0 Å². The van der Waals surface area contributed by atoms with Gasteiger partial charge in [0, 0.05) is 0 Å². The molecular weight excluding hydrogens is 226 g/mol. The van der Waals surface area contributed by atoms with Crippen molar-refractivity contribution >= 4 is 15.8 Å². The van der Waals surface area contributed by atoms with Crippen LogP contribution in [0, 0.1) is 0 Å². The molecule has 1 aliphatic heterocycles. The lowest BCUT2D eigenvalue weighted by Gasteiger charge is -2.38. The zero-order valence-corrected chi connectivity index (χ0v) is 11.7. The third-order valence-electron chi connectivity index (χ3n) is 3.13. The fourth-order valence-corrected chi connectivity index (χ4v) is 4.99. The van der Waals surface area contributed by atoms with Gasteiger partial charge in [-0.3, -0.25) is 4.31 Å². The van der Waals surface area contributed by atoms with E-state index in [4.69, 9.17) is 0 Å². The highest BCUT2D eigenvalue weighted by atomic mass is 32.3. The van der Waals surface area contributed by atoms with E-state index in [1.807, 2.05) is 0 Å². The molecule has 1 heterocycles. The number of rotatable bonds is 4. The molecular formula is C15H21NS. The third kappa shape index (κ3) is 2.48. The summed E-state index contributed by atoms with van der Waals surface area (Å²) in [5, 5.41) is 4.89. The number of allylic oxidation sites excluding steroid dienone is 2. The second kappa shape index (κ2) is 5.11. The van der Waals surface area contributed by atoms with Crippen LogP contribution >= 0.6 is 10.2 Å². The topological polar surface area (TPSA) is 3.24 Å². The van der Waals surface area contributed by atoms with Gasteiger partial charge in [0.15, 0.2) is 0 Å². The summed E-state index contributed by atoms with van der Waals surface area (Å²) >= 11 is 0. The van der Waals surface area contributed by atoms with Crippen LogP contribution in [0.1, 0.15) is 18.9 Å². The molecule has 17 heavy (non-hydrogen) atoms.